The van der Waals surface area contributed by atoms with Crippen LogP contribution in [0, 0.1) is 0 Å². The lowest BCUT2D eigenvalue weighted by atomic mass is 10.00. The van der Waals surface area contributed by atoms with Crippen LogP contribution in [-0.2, 0) is 22.4 Å². The van der Waals surface area contributed by atoms with Gasteiger partial charge in [0.05, 0.1) is 13.1 Å². The third kappa shape index (κ3) is 5.16. The predicted octanol–water partition coefficient (Wildman–Crippen LogP) is 2.76. The summed E-state index contributed by atoms with van der Waals surface area (Å²) in [6.07, 6.45) is 2.72. The molecule has 7 heteroatoms. The van der Waals surface area contributed by atoms with Crippen LogP contribution < -0.4 is 21.3 Å². The van der Waals surface area contributed by atoms with Gasteiger partial charge in [0.15, 0.2) is 0 Å². The molecule has 0 radical (unpaired) electrons. The van der Waals surface area contributed by atoms with Crippen LogP contribution >= 0.6 is 12.4 Å². The standard InChI is InChI=1S/C21H26N4O2.ClH/c1-2-15-7-3-4-10-18(15)24-20(26)13-23-21(27)14-25-12-6-8-16-17(22)9-5-11-19(16)25;/h3-5,7,9-11H,2,6,8,12-14,22H2,1H3,(H,23,27)(H,24,26);1H. The van der Waals surface area contributed by atoms with E-state index < -0.39 is 0 Å². The average molecular weight is 403 g/mol. The molecule has 1 aliphatic rings. The van der Waals surface area contributed by atoms with Gasteiger partial charge in [0, 0.05) is 23.6 Å². The molecule has 1 heterocycles. The molecule has 4 N–H and O–H groups in total. The van der Waals surface area contributed by atoms with E-state index in [1.165, 1.54) is 0 Å². The number of nitrogens with one attached hydrogen (secondary N) is 2. The number of halogens is 1. The van der Waals surface area contributed by atoms with Crippen molar-refractivity contribution in [2.24, 2.45) is 0 Å². The fraction of sp³-hybridized carbons (Fsp3) is 0.333. The van der Waals surface area contributed by atoms with Crippen molar-refractivity contribution in [1.82, 2.24) is 5.32 Å². The van der Waals surface area contributed by atoms with Gasteiger partial charge in [-0.3, -0.25) is 9.59 Å². The smallest absolute Gasteiger partial charge is 0.243 e. The number of rotatable bonds is 6. The number of carbonyl (C=O) groups excluding carboxylic acids is 2. The summed E-state index contributed by atoms with van der Waals surface area (Å²) in [7, 11) is 0. The molecule has 0 bridgehead atoms. The molecule has 3 rings (SSSR count). The highest BCUT2D eigenvalue weighted by atomic mass is 35.5. The van der Waals surface area contributed by atoms with Crippen LogP contribution in [0.1, 0.15) is 24.5 Å². The van der Waals surface area contributed by atoms with Crippen LogP contribution in [0.5, 0.6) is 0 Å². The topological polar surface area (TPSA) is 87.5 Å². The summed E-state index contributed by atoms with van der Waals surface area (Å²) in [4.78, 5) is 26.5. The molecule has 1 aliphatic heterocycles. The first-order valence-electron chi connectivity index (χ1n) is 9.35. The van der Waals surface area contributed by atoms with Gasteiger partial charge in [0.2, 0.25) is 11.8 Å². The second-order valence-corrected chi connectivity index (χ2v) is 6.71. The number of nitrogens with zero attached hydrogens (tertiary/aromatic N) is 1. The molecule has 6 nitrogen and oxygen atoms in total. The van der Waals surface area contributed by atoms with E-state index in [2.05, 4.69) is 10.6 Å². The summed E-state index contributed by atoms with van der Waals surface area (Å²) in [5, 5.41) is 5.57. The van der Waals surface area contributed by atoms with Gasteiger partial charge in [-0.25, -0.2) is 0 Å². The van der Waals surface area contributed by atoms with Gasteiger partial charge in [-0.15, -0.1) is 12.4 Å². The number of hydrogen-bond acceptors (Lipinski definition) is 4. The Balaban J connectivity index is 0.00000280. The van der Waals surface area contributed by atoms with Crippen LogP contribution in [0.3, 0.4) is 0 Å². The third-order valence-electron chi connectivity index (χ3n) is 4.84. The van der Waals surface area contributed by atoms with E-state index in [4.69, 9.17) is 5.73 Å². The minimum atomic E-state index is -0.229. The highest BCUT2D eigenvalue weighted by molar-refractivity contribution is 5.95. The minimum absolute atomic E-state index is 0. The van der Waals surface area contributed by atoms with Gasteiger partial charge in [0.25, 0.3) is 0 Å². The van der Waals surface area contributed by atoms with E-state index in [0.717, 1.165) is 54.0 Å². The maximum Gasteiger partial charge on any atom is 0.243 e. The zero-order chi connectivity index (χ0) is 19.2. The van der Waals surface area contributed by atoms with E-state index >= 15 is 0 Å². The van der Waals surface area contributed by atoms with Crippen LogP contribution in [0.2, 0.25) is 0 Å². The molecule has 28 heavy (non-hydrogen) atoms. The first-order chi connectivity index (χ1) is 13.1. The van der Waals surface area contributed by atoms with Crippen molar-refractivity contribution in [2.75, 3.05) is 35.6 Å². The maximum absolute atomic E-state index is 12.3. The molecule has 150 valence electrons. The molecule has 2 amide bonds. The zero-order valence-corrected chi connectivity index (χ0v) is 16.8. The van der Waals surface area contributed by atoms with Crippen molar-refractivity contribution in [1.29, 1.82) is 0 Å². The molecule has 0 unspecified atom stereocenters. The van der Waals surface area contributed by atoms with Gasteiger partial charge in [-0.05, 0) is 48.6 Å². The number of nitrogens with two attached hydrogens (primary N) is 1. The summed E-state index contributed by atoms with van der Waals surface area (Å²) in [5.74, 6) is -0.406. The third-order valence-corrected chi connectivity index (χ3v) is 4.84. The zero-order valence-electron chi connectivity index (χ0n) is 16.0. The second kappa shape index (κ2) is 9.99. The van der Waals surface area contributed by atoms with Crippen molar-refractivity contribution < 1.29 is 9.59 Å². The Kier molecular flexibility index (Phi) is 7.70. The summed E-state index contributed by atoms with van der Waals surface area (Å²) in [6.45, 7) is 3.01. The first-order valence-corrected chi connectivity index (χ1v) is 9.35. The summed E-state index contributed by atoms with van der Waals surface area (Å²) >= 11 is 0. The molecule has 0 saturated carbocycles. The average Bonchev–Trinajstić information content (AvgIpc) is 2.68. The number of fused-ring (bicyclic) bond motifs is 1. The molecule has 0 spiro atoms. The summed E-state index contributed by atoms with van der Waals surface area (Å²) in [6, 6.07) is 13.5. The Bertz CT molecular complexity index is 841. The fourth-order valence-electron chi connectivity index (χ4n) is 3.45. The van der Waals surface area contributed by atoms with Crippen LogP contribution in [0.25, 0.3) is 0 Å². The number of anilines is 3. The monoisotopic (exact) mass is 402 g/mol. The van der Waals surface area contributed by atoms with Gasteiger partial charge < -0.3 is 21.3 Å². The fourth-order valence-corrected chi connectivity index (χ4v) is 3.45. The Labute approximate surface area is 171 Å². The lowest BCUT2D eigenvalue weighted by Gasteiger charge is -2.31. The van der Waals surface area contributed by atoms with Crippen molar-refractivity contribution in [3.8, 4) is 0 Å². The Morgan fingerprint density at radius 2 is 1.89 bits per heavy atom. The van der Waals surface area contributed by atoms with E-state index in [1.54, 1.807) is 0 Å². The van der Waals surface area contributed by atoms with Crippen molar-refractivity contribution in [3.05, 3.63) is 53.6 Å². The van der Waals surface area contributed by atoms with E-state index in [-0.39, 0.29) is 37.3 Å². The largest absolute Gasteiger partial charge is 0.398 e. The SMILES string of the molecule is CCc1ccccc1NC(=O)CNC(=O)CN1CCCc2c(N)cccc21.Cl. The number of amides is 2. The normalized spacial score (nSPS) is 12.5. The Hall–Kier alpha value is -2.73. The van der Waals surface area contributed by atoms with Gasteiger partial charge in [-0.2, -0.15) is 0 Å². The van der Waals surface area contributed by atoms with E-state index in [0.29, 0.717) is 0 Å². The van der Waals surface area contributed by atoms with Gasteiger partial charge >= 0.3 is 0 Å². The molecular weight excluding hydrogens is 376 g/mol. The minimum Gasteiger partial charge on any atom is -0.398 e. The first kappa shape index (κ1) is 21.6. The Morgan fingerprint density at radius 3 is 2.68 bits per heavy atom. The highest BCUT2D eigenvalue weighted by Gasteiger charge is 2.20. The quantitative estimate of drug-likeness (QED) is 0.648. The molecule has 0 fully saturated rings. The lowest BCUT2D eigenvalue weighted by molar-refractivity contribution is -0.123. The van der Waals surface area contributed by atoms with Crippen molar-refractivity contribution in [3.63, 3.8) is 0 Å². The number of hydrogen-bond donors (Lipinski definition) is 3. The van der Waals surface area contributed by atoms with Crippen LogP contribution in [0.15, 0.2) is 42.5 Å². The molecule has 2 aromatic carbocycles. The number of benzene rings is 2. The molecular formula is C21H27ClN4O2. The maximum atomic E-state index is 12.3. The lowest BCUT2D eigenvalue weighted by Crippen LogP contribution is -2.42. The number of nitrogen functional groups attached to an aromatic ring is 1. The Morgan fingerprint density at radius 1 is 1.11 bits per heavy atom. The molecule has 0 saturated heterocycles. The second-order valence-electron chi connectivity index (χ2n) is 6.71. The number of carbonyl (C=O) groups is 2. The molecule has 2 aromatic rings. The number of para-hydroxylation sites is 1. The van der Waals surface area contributed by atoms with E-state index in [1.807, 2.05) is 54.3 Å². The van der Waals surface area contributed by atoms with Gasteiger partial charge in [0.1, 0.15) is 0 Å². The highest BCUT2D eigenvalue weighted by Crippen LogP contribution is 2.30. The van der Waals surface area contributed by atoms with Crippen LogP contribution in [-0.4, -0.2) is 31.4 Å². The predicted molar refractivity (Wildman–Crippen MR) is 116 cm³/mol. The molecule has 0 aromatic heterocycles. The van der Waals surface area contributed by atoms with Crippen molar-refractivity contribution in [2.45, 2.75) is 26.2 Å². The van der Waals surface area contributed by atoms with Crippen molar-refractivity contribution >= 4 is 41.3 Å². The number of aryl methyl sites for hydroxylation is 1. The summed E-state index contributed by atoms with van der Waals surface area (Å²) in [5.41, 5.74) is 10.8. The molecule has 0 aliphatic carbocycles. The van der Waals surface area contributed by atoms with E-state index in [9.17, 15) is 9.59 Å². The molecule has 0 atom stereocenters. The van der Waals surface area contributed by atoms with Gasteiger partial charge in [-0.1, -0.05) is 31.2 Å². The van der Waals surface area contributed by atoms with Crippen LogP contribution in [0.4, 0.5) is 17.1 Å². The summed E-state index contributed by atoms with van der Waals surface area (Å²) < 4.78 is 0.